The highest BCUT2D eigenvalue weighted by molar-refractivity contribution is 6.02. The van der Waals surface area contributed by atoms with Gasteiger partial charge in [0.15, 0.2) is 0 Å². The Morgan fingerprint density at radius 1 is 1.04 bits per heavy atom. The first-order valence-electron chi connectivity index (χ1n) is 8.04. The summed E-state index contributed by atoms with van der Waals surface area (Å²) >= 11 is 0. The predicted molar refractivity (Wildman–Crippen MR) is 93.9 cm³/mol. The van der Waals surface area contributed by atoms with E-state index in [0.29, 0.717) is 11.5 Å². The zero-order chi connectivity index (χ0) is 16.7. The van der Waals surface area contributed by atoms with Crippen LogP contribution < -0.4 is 10.6 Å². The first kappa shape index (κ1) is 16.9. The van der Waals surface area contributed by atoms with Crippen molar-refractivity contribution >= 4 is 17.4 Å². The number of aromatic nitrogens is 2. The molecule has 0 bridgehead atoms. The van der Waals surface area contributed by atoms with Crippen molar-refractivity contribution in [2.24, 2.45) is 0 Å². The fraction of sp³-hybridized carbons (Fsp3) is 0.389. The summed E-state index contributed by atoms with van der Waals surface area (Å²) in [6, 6.07) is 5.93. The molecule has 1 amide bonds. The Kier molecular flexibility index (Phi) is 6.09. The van der Waals surface area contributed by atoms with E-state index in [1.54, 1.807) is 6.20 Å². The van der Waals surface area contributed by atoms with Crippen molar-refractivity contribution in [2.75, 3.05) is 17.2 Å². The zero-order valence-corrected chi connectivity index (χ0v) is 14.0. The van der Waals surface area contributed by atoms with Crippen LogP contribution in [0.2, 0.25) is 0 Å². The Hall–Kier alpha value is -2.43. The average molecular weight is 312 g/mol. The van der Waals surface area contributed by atoms with Crippen LogP contribution in [0, 0.1) is 13.8 Å². The molecule has 122 valence electrons. The van der Waals surface area contributed by atoms with Gasteiger partial charge in [-0.1, -0.05) is 25.8 Å². The molecule has 0 aliphatic heterocycles. The highest BCUT2D eigenvalue weighted by Crippen LogP contribution is 2.14. The lowest BCUT2D eigenvalue weighted by Gasteiger charge is -2.08. The van der Waals surface area contributed by atoms with Gasteiger partial charge in [-0.15, -0.1) is 0 Å². The predicted octanol–water partition coefficient (Wildman–Crippen LogP) is 3.95. The molecular formula is C18H24N4O. The Morgan fingerprint density at radius 3 is 2.39 bits per heavy atom. The molecule has 2 rings (SSSR count). The van der Waals surface area contributed by atoms with Crippen LogP contribution in [0.3, 0.4) is 0 Å². The molecule has 2 aromatic rings. The summed E-state index contributed by atoms with van der Waals surface area (Å²) in [7, 11) is 0. The number of amides is 1. The number of nitrogens with zero attached hydrogens (tertiary/aromatic N) is 2. The number of carbonyl (C=O) groups is 1. The SMILES string of the molecule is CCCCCNc1cnc(C(=O)Nc2cc(C)cc(C)c2)cn1. The van der Waals surface area contributed by atoms with Gasteiger partial charge in [0.25, 0.3) is 5.91 Å². The van der Waals surface area contributed by atoms with E-state index in [2.05, 4.69) is 33.6 Å². The average Bonchev–Trinajstić information content (AvgIpc) is 2.51. The third kappa shape index (κ3) is 5.36. The molecule has 1 heterocycles. The number of nitrogens with one attached hydrogen (secondary N) is 2. The molecular weight excluding hydrogens is 288 g/mol. The maximum absolute atomic E-state index is 12.2. The highest BCUT2D eigenvalue weighted by Gasteiger charge is 2.09. The molecule has 5 heteroatoms. The van der Waals surface area contributed by atoms with E-state index in [0.717, 1.165) is 29.8 Å². The number of anilines is 2. The smallest absolute Gasteiger partial charge is 0.275 e. The molecule has 0 aliphatic rings. The molecule has 1 aromatic carbocycles. The monoisotopic (exact) mass is 312 g/mol. The number of hydrogen-bond acceptors (Lipinski definition) is 4. The number of unbranched alkanes of at least 4 members (excludes halogenated alkanes) is 2. The largest absolute Gasteiger partial charge is 0.369 e. The number of rotatable bonds is 7. The maximum Gasteiger partial charge on any atom is 0.275 e. The Labute approximate surface area is 137 Å². The Bertz CT molecular complexity index is 632. The molecule has 0 aliphatic carbocycles. The van der Waals surface area contributed by atoms with Gasteiger partial charge in [0.1, 0.15) is 11.5 Å². The fourth-order valence-corrected chi connectivity index (χ4v) is 2.37. The quantitative estimate of drug-likeness (QED) is 0.760. The first-order chi connectivity index (χ1) is 11.1. The zero-order valence-electron chi connectivity index (χ0n) is 14.0. The highest BCUT2D eigenvalue weighted by atomic mass is 16.1. The van der Waals surface area contributed by atoms with Crippen LogP contribution in [-0.4, -0.2) is 22.4 Å². The molecule has 0 radical (unpaired) electrons. The van der Waals surface area contributed by atoms with Gasteiger partial charge in [-0.2, -0.15) is 0 Å². The van der Waals surface area contributed by atoms with Crippen molar-refractivity contribution in [3.05, 3.63) is 47.4 Å². The summed E-state index contributed by atoms with van der Waals surface area (Å²) < 4.78 is 0. The van der Waals surface area contributed by atoms with Crippen LogP contribution in [0.25, 0.3) is 0 Å². The lowest BCUT2D eigenvalue weighted by atomic mass is 10.1. The number of hydrogen-bond donors (Lipinski definition) is 2. The first-order valence-corrected chi connectivity index (χ1v) is 8.04. The summed E-state index contributed by atoms with van der Waals surface area (Å²) in [6.07, 6.45) is 6.58. The summed E-state index contributed by atoms with van der Waals surface area (Å²) in [5.41, 5.74) is 3.30. The van der Waals surface area contributed by atoms with Gasteiger partial charge in [-0.05, 0) is 43.5 Å². The van der Waals surface area contributed by atoms with Gasteiger partial charge in [0, 0.05) is 12.2 Å². The Balaban J connectivity index is 1.94. The van der Waals surface area contributed by atoms with Crippen LogP contribution >= 0.6 is 0 Å². The minimum Gasteiger partial charge on any atom is -0.369 e. The molecule has 0 atom stereocenters. The van der Waals surface area contributed by atoms with Crippen molar-refractivity contribution in [1.29, 1.82) is 0 Å². The van der Waals surface area contributed by atoms with E-state index in [1.807, 2.05) is 26.0 Å². The van der Waals surface area contributed by atoms with Crippen LogP contribution in [0.15, 0.2) is 30.6 Å². The second kappa shape index (κ2) is 8.27. The van der Waals surface area contributed by atoms with Crippen LogP contribution in [0.1, 0.15) is 47.8 Å². The number of aryl methyl sites for hydroxylation is 2. The summed E-state index contributed by atoms with van der Waals surface area (Å²) in [6.45, 7) is 7.04. The van der Waals surface area contributed by atoms with Gasteiger partial charge >= 0.3 is 0 Å². The molecule has 2 N–H and O–H groups in total. The second-order valence-electron chi connectivity index (χ2n) is 5.75. The van der Waals surface area contributed by atoms with Crippen molar-refractivity contribution in [3.63, 3.8) is 0 Å². The molecule has 0 saturated carbocycles. The molecule has 0 fully saturated rings. The van der Waals surface area contributed by atoms with Gasteiger partial charge in [0.2, 0.25) is 0 Å². The minimum atomic E-state index is -0.250. The molecule has 0 unspecified atom stereocenters. The fourth-order valence-electron chi connectivity index (χ4n) is 2.37. The molecule has 0 saturated heterocycles. The van der Waals surface area contributed by atoms with E-state index in [9.17, 15) is 4.79 Å². The minimum absolute atomic E-state index is 0.250. The standard InChI is InChI=1S/C18H24N4O/c1-4-5-6-7-19-17-12-20-16(11-21-17)18(23)22-15-9-13(2)8-14(3)10-15/h8-12H,4-7H2,1-3H3,(H,19,21)(H,22,23). The van der Waals surface area contributed by atoms with Gasteiger partial charge in [-0.3, -0.25) is 4.79 Å². The van der Waals surface area contributed by atoms with Gasteiger partial charge in [-0.25, -0.2) is 9.97 Å². The normalized spacial score (nSPS) is 10.4. The van der Waals surface area contributed by atoms with Gasteiger partial charge in [0.05, 0.1) is 12.4 Å². The molecule has 23 heavy (non-hydrogen) atoms. The van der Waals surface area contributed by atoms with E-state index in [-0.39, 0.29) is 5.91 Å². The molecule has 5 nitrogen and oxygen atoms in total. The Morgan fingerprint density at radius 2 is 1.78 bits per heavy atom. The third-order valence-electron chi connectivity index (χ3n) is 3.45. The van der Waals surface area contributed by atoms with Crippen molar-refractivity contribution in [3.8, 4) is 0 Å². The van der Waals surface area contributed by atoms with E-state index in [1.165, 1.54) is 19.0 Å². The topological polar surface area (TPSA) is 66.9 Å². The summed E-state index contributed by atoms with van der Waals surface area (Å²) in [4.78, 5) is 20.6. The lowest BCUT2D eigenvalue weighted by molar-refractivity contribution is 0.102. The molecule has 0 spiro atoms. The van der Waals surface area contributed by atoms with Crippen LogP contribution in [-0.2, 0) is 0 Å². The summed E-state index contributed by atoms with van der Waals surface area (Å²) in [5, 5.41) is 6.06. The third-order valence-corrected chi connectivity index (χ3v) is 3.45. The second-order valence-corrected chi connectivity index (χ2v) is 5.75. The van der Waals surface area contributed by atoms with E-state index < -0.39 is 0 Å². The molecule has 1 aromatic heterocycles. The van der Waals surface area contributed by atoms with Crippen LogP contribution in [0.5, 0.6) is 0 Å². The van der Waals surface area contributed by atoms with Gasteiger partial charge < -0.3 is 10.6 Å². The summed E-state index contributed by atoms with van der Waals surface area (Å²) in [5.74, 6) is 0.448. The number of benzene rings is 1. The van der Waals surface area contributed by atoms with Crippen molar-refractivity contribution < 1.29 is 4.79 Å². The van der Waals surface area contributed by atoms with Crippen LogP contribution in [0.4, 0.5) is 11.5 Å². The van der Waals surface area contributed by atoms with E-state index in [4.69, 9.17) is 0 Å². The number of carbonyl (C=O) groups excluding carboxylic acids is 1. The van der Waals surface area contributed by atoms with Crippen molar-refractivity contribution in [2.45, 2.75) is 40.0 Å². The van der Waals surface area contributed by atoms with E-state index >= 15 is 0 Å². The van der Waals surface area contributed by atoms with Crippen molar-refractivity contribution in [1.82, 2.24) is 9.97 Å². The lowest BCUT2D eigenvalue weighted by Crippen LogP contribution is -2.15. The maximum atomic E-state index is 12.2.